The fourth-order valence-corrected chi connectivity index (χ4v) is 1.87. The Hall–Kier alpha value is -2.28. The Morgan fingerprint density at radius 1 is 0.350 bits per heavy atom. The molecule has 0 saturated carbocycles. The molecule has 0 saturated heterocycles. The van der Waals surface area contributed by atoms with Crippen molar-refractivity contribution in [2.75, 3.05) is 0 Å². The molecule has 240 valence electrons. The standard InChI is InChI=1S/C13F26O/c14-1(4(17,18)19)2(40-13(38,39)12(35,36)37)3(15,16)5(20,21)6(22,23)7(24,25)8(26,27)9(28,29)10(30,31)11(32,33)34. The minimum absolute atomic E-state index is 1.32. The molecule has 0 rings (SSSR count). The molecule has 0 spiro atoms. The molecule has 40 heavy (non-hydrogen) atoms. The largest absolute Gasteiger partial charge is 0.499 e. The minimum atomic E-state index is -9.47. The third-order valence-electron chi connectivity index (χ3n) is 4.02. The van der Waals surface area contributed by atoms with Gasteiger partial charge in [-0.15, -0.1) is 0 Å². The molecule has 0 radical (unpaired) electrons. The van der Waals surface area contributed by atoms with E-state index >= 15 is 0 Å². The summed E-state index contributed by atoms with van der Waals surface area (Å²) in [4.78, 5) is 0. The molecule has 0 amide bonds. The molecule has 0 N–H and O–H groups in total. The van der Waals surface area contributed by atoms with Gasteiger partial charge >= 0.3 is 66.1 Å². The number of hydrogen-bond acceptors (Lipinski definition) is 1. The van der Waals surface area contributed by atoms with Gasteiger partial charge < -0.3 is 4.74 Å². The average Bonchev–Trinajstić information content (AvgIpc) is 2.67. The lowest BCUT2D eigenvalue weighted by Gasteiger charge is -2.43. The van der Waals surface area contributed by atoms with Gasteiger partial charge in [0.2, 0.25) is 11.6 Å². The summed E-state index contributed by atoms with van der Waals surface area (Å²) >= 11 is 0. The minimum Gasteiger partial charge on any atom is -0.420 e. The van der Waals surface area contributed by atoms with Crippen LogP contribution in [0.2, 0.25) is 0 Å². The van der Waals surface area contributed by atoms with Crippen LogP contribution in [0.4, 0.5) is 114 Å². The molecule has 0 bridgehead atoms. The molecular formula is C13F26O. The highest BCUT2D eigenvalue weighted by molar-refractivity contribution is 5.24. The first-order valence-corrected chi connectivity index (χ1v) is 8.07. The number of rotatable bonds is 9. The topological polar surface area (TPSA) is 9.23 Å². The zero-order chi connectivity index (χ0) is 33.4. The first-order chi connectivity index (χ1) is 16.7. The molecule has 0 atom stereocenters. The first kappa shape index (κ1) is 37.7. The Balaban J connectivity index is 7.51. The summed E-state index contributed by atoms with van der Waals surface area (Å²) < 4.78 is 335. The molecule has 0 aromatic carbocycles. The maximum atomic E-state index is 13.8. The van der Waals surface area contributed by atoms with E-state index in [0.717, 1.165) is 0 Å². The van der Waals surface area contributed by atoms with Gasteiger partial charge in [0.05, 0.1) is 0 Å². The number of hydrogen-bond donors (Lipinski definition) is 0. The molecule has 0 aliphatic rings. The van der Waals surface area contributed by atoms with Crippen LogP contribution in [0.5, 0.6) is 0 Å². The van der Waals surface area contributed by atoms with Crippen LogP contribution in [0.15, 0.2) is 11.6 Å². The van der Waals surface area contributed by atoms with Crippen LogP contribution in [-0.4, -0.2) is 66.1 Å². The third-order valence-corrected chi connectivity index (χ3v) is 4.02. The lowest BCUT2D eigenvalue weighted by Crippen LogP contribution is -2.74. The molecule has 0 unspecified atom stereocenters. The molecule has 0 aliphatic heterocycles. The SMILES string of the molecule is FC(=C(OC(F)(F)C(F)(F)F)C(F)(F)C(F)(F)C(F)(F)C(F)(F)C(F)(F)C(F)(F)C(F)(F)C(F)(F)F)C(F)(F)F. The number of alkyl halides is 25. The number of ether oxygens (including phenoxy) is 1. The lowest BCUT2D eigenvalue weighted by molar-refractivity contribution is -0.462. The second-order valence-electron chi connectivity index (χ2n) is 6.78. The van der Waals surface area contributed by atoms with Gasteiger partial charge in [0.25, 0.3) is 0 Å². The van der Waals surface area contributed by atoms with Crippen molar-refractivity contribution in [3.8, 4) is 0 Å². The van der Waals surface area contributed by atoms with Crippen LogP contribution in [0.1, 0.15) is 0 Å². The second kappa shape index (κ2) is 9.37. The highest BCUT2D eigenvalue weighted by Gasteiger charge is 2.96. The van der Waals surface area contributed by atoms with Gasteiger partial charge in [-0.2, -0.15) is 114 Å². The maximum Gasteiger partial charge on any atom is 0.499 e. The predicted octanol–water partition coefficient (Wildman–Crippen LogP) is 8.91. The third kappa shape index (κ3) is 5.23. The van der Waals surface area contributed by atoms with Crippen molar-refractivity contribution < 1.29 is 119 Å². The summed E-state index contributed by atoms with van der Waals surface area (Å²) in [5, 5.41) is 0. The van der Waals surface area contributed by atoms with Crippen molar-refractivity contribution in [2.45, 2.75) is 66.1 Å². The molecule has 27 heteroatoms. The molecule has 0 aliphatic carbocycles. The number of allylic oxidation sites excluding steroid dienone is 2. The zero-order valence-electron chi connectivity index (χ0n) is 16.7. The second-order valence-corrected chi connectivity index (χ2v) is 6.78. The molecule has 0 aromatic rings. The van der Waals surface area contributed by atoms with E-state index in [1.807, 2.05) is 0 Å². The van der Waals surface area contributed by atoms with Gasteiger partial charge in [-0.1, -0.05) is 0 Å². The van der Waals surface area contributed by atoms with E-state index in [9.17, 15) is 114 Å². The predicted molar refractivity (Wildman–Crippen MR) is 67.0 cm³/mol. The van der Waals surface area contributed by atoms with E-state index in [1.165, 1.54) is 4.74 Å². The van der Waals surface area contributed by atoms with Gasteiger partial charge in [0.1, 0.15) is 0 Å². The van der Waals surface area contributed by atoms with Crippen molar-refractivity contribution in [1.82, 2.24) is 0 Å². The van der Waals surface area contributed by atoms with E-state index in [1.54, 1.807) is 0 Å². The van der Waals surface area contributed by atoms with Crippen molar-refractivity contribution in [1.29, 1.82) is 0 Å². The fraction of sp³-hybridized carbons (Fsp3) is 0.846. The quantitative estimate of drug-likeness (QED) is 0.177. The molecule has 1 nitrogen and oxygen atoms in total. The van der Waals surface area contributed by atoms with Crippen molar-refractivity contribution in [3.05, 3.63) is 11.6 Å². The van der Waals surface area contributed by atoms with Crippen LogP contribution in [0.3, 0.4) is 0 Å². The van der Waals surface area contributed by atoms with Crippen molar-refractivity contribution in [3.63, 3.8) is 0 Å². The molecule has 0 fully saturated rings. The van der Waals surface area contributed by atoms with E-state index in [-0.39, 0.29) is 0 Å². The molecule has 0 aromatic heterocycles. The Bertz CT molecular complexity index is 955. The Morgan fingerprint density at radius 3 is 0.875 bits per heavy atom. The van der Waals surface area contributed by atoms with Crippen LogP contribution < -0.4 is 0 Å². The normalized spacial score (nSPS) is 17.1. The van der Waals surface area contributed by atoms with E-state index in [4.69, 9.17) is 0 Å². The van der Waals surface area contributed by atoms with Crippen LogP contribution >= 0.6 is 0 Å². The summed E-state index contributed by atoms with van der Waals surface area (Å²) in [6, 6.07) is 0. The van der Waals surface area contributed by atoms with Gasteiger partial charge in [-0.25, -0.2) is 0 Å². The van der Waals surface area contributed by atoms with Crippen LogP contribution in [-0.2, 0) is 4.74 Å². The Labute approximate surface area is 198 Å². The monoisotopic (exact) mass is 666 g/mol. The van der Waals surface area contributed by atoms with Gasteiger partial charge in [0, 0.05) is 0 Å². The summed E-state index contributed by atoms with van der Waals surface area (Å²) in [6.07, 6.45) is -31.3. The maximum absolute atomic E-state index is 13.8. The summed E-state index contributed by atoms with van der Waals surface area (Å²) in [5.74, 6) is -75.4. The smallest absolute Gasteiger partial charge is 0.420 e. The first-order valence-electron chi connectivity index (χ1n) is 8.07. The summed E-state index contributed by atoms with van der Waals surface area (Å²) in [5.41, 5.74) is 0. The van der Waals surface area contributed by atoms with Crippen molar-refractivity contribution in [2.24, 2.45) is 0 Å². The van der Waals surface area contributed by atoms with E-state index < -0.39 is 77.7 Å². The van der Waals surface area contributed by atoms with Crippen molar-refractivity contribution >= 4 is 0 Å². The van der Waals surface area contributed by atoms with Gasteiger partial charge in [0.15, 0.2) is 0 Å². The van der Waals surface area contributed by atoms with Crippen LogP contribution in [0.25, 0.3) is 0 Å². The van der Waals surface area contributed by atoms with Crippen LogP contribution in [0, 0.1) is 0 Å². The Morgan fingerprint density at radius 2 is 0.625 bits per heavy atom. The number of halogens is 26. The Kier molecular flexibility index (Phi) is 8.83. The zero-order valence-corrected chi connectivity index (χ0v) is 16.7. The fourth-order valence-electron chi connectivity index (χ4n) is 1.87. The highest BCUT2D eigenvalue weighted by atomic mass is 19.4. The average molecular weight is 666 g/mol. The molecular weight excluding hydrogens is 666 g/mol. The van der Waals surface area contributed by atoms with Gasteiger partial charge in [-0.05, 0) is 0 Å². The lowest BCUT2D eigenvalue weighted by atomic mass is 9.88. The van der Waals surface area contributed by atoms with E-state index in [2.05, 4.69) is 0 Å². The summed E-state index contributed by atoms with van der Waals surface area (Å²) in [7, 11) is 0. The van der Waals surface area contributed by atoms with E-state index in [0.29, 0.717) is 0 Å². The highest BCUT2D eigenvalue weighted by Crippen LogP contribution is 2.65. The summed E-state index contributed by atoms with van der Waals surface area (Å²) in [6.45, 7) is 0. The molecule has 0 heterocycles. The van der Waals surface area contributed by atoms with Gasteiger partial charge in [-0.3, -0.25) is 0 Å².